The quantitative estimate of drug-likeness (QED) is 0.336. The summed E-state index contributed by atoms with van der Waals surface area (Å²) in [6.07, 6.45) is -4.58. The van der Waals surface area contributed by atoms with E-state index in [1.807, 2.05) is 0 Å². The molecule has 0 saturated heterocycles. The summed E-state index contributed by atoms with van der Waals surface area (Å²) in [6, 6.07) is 10.0. The summed E-state index contributed by atoms with van der Waals surface area (Å²) in [5.74, 6) is -2.14. The van der Waals surface area contributed by atoms with Crippen molar-refractivity contribution in [2.75, 3.05) is 13.2 Å². The van der Waals surface area contributed by atoms with Crippen LogP contribution >= 0.6 is 11.6 Å². The summed E-state index contributed by atoms with van der Waals surface area (Å²) >= 11 is 5.80. The molecule has 0 unspecified atom stereocenters. The van der Waals surface area contributed by atoms with Crippen molar-refractivity contribution in [2.24, 2.45) is 4.99 Å². The molecular formula is C19H16ClF3N2O4. The average Bonchev–Trinajstić information content (AvgIpc) is 2.65. The van der Waals surface area contributed by atoms with Crippen LogP contribution in [0.15, 0.2) is 53.5 Å². The number of esters is 1. The summed E-state index contributed by atoms with van der Waals surface area (Å²) in [7, 11) is 0. The molecule has 0 radical (unpaired) electrons. The number of hydrogen-bond donors (Lipinski definition) is 1. The number of carbonyl (C=O) groups excluding carboxylic acids is 2. The van der Waals surface area contributed by atoms with Crippen molar-refractivity contribution in [1.82, 2.24) is 5.32 Å². The van der Waals surface area contributed by atoms with Crippen molar-refractivity contribution in [2.45, 2.75) is 13.1 Å². The first-order valence-electron chi connectivity index (χ1n) is 8.26. The van der Waals surface area contributed by atoms with Crippen LogP contribution in [0.4, 0.5) is 18.9 Å². The topological polar surface area (TPSA) is 77.0 Å². The highest BCUT2D eigenvalue weighted by Crippen LogP contribution is 2.31. The summed E-state index contributed by atoms with van der Waals surface area (Å²) in [5.41, 5.74) is -0.671. The molecule has 0 heterocycles. The minimum absolute atomic E-state index is 0.0544. The molecule has 0 spiro atoms. The molecule has 0 aromatic heterocycles. The first-order valence-corrected chi connectivity index (χ1v) is 8.64. The maximum absolute atomic E-state index is 12.9. The fourth-order valence-corrected chi connectivity index (χ4v) is 2.15. The number of amides is 1. The van der Waals surface area contributed by atoms with Crippen molar-refractivity contribution in [3.05, 3.63) is 59.1 Å². The zero-order valence-corrected chi connectivity index (χ0v) is 15.9. The second kappa shape index (κ2) is 9.92. The van der Waals surface area contributed by atoms with Gasteiger partial charge in [-0.3, -0.25) is 4.79 Å². The minimum Gasteiger partial charge on any atom is -0.457 e. The SMILES string of the molecule is CC(=O)NCCOC(=O)C(=Nc1ccc(Cl)cc1)Oc1cccc(C(F)(F)F)c1. The lowest BCUT2D eigenvalue weighted by Crippen LogP contribution is -2.29. The predicted molar refractivity (Wildman–Crippen MR) is 100 cm³/mol. The molecule has 0 fully saturated rings. The van der Waals surface area contributed by atoms with Crippen molar-refractivity contribution in [1.29, 1.82) is 0 Å². The lowest BCUT2D eigenvalue weighted by atomic mass is 10.2. The Kier molecular flexibility index (Phi) is 7.60. The Balaban J connectivity index is 2.23. The van der Waals surface area contributed by atoms with Crippen LogP contribution in [-0.4, -0.2) is 30.9 Å². The molecule has 0 bridgehead atoms. The molecule has 29 heavy (non-hydrogen) atoms. The van der Waals surface area contributed by atoms with E-state index < -0.39 is 23.6 Å². The van der Waals surface area contributed by atoms with Gasteiger partial charge in [0, 0.05) is 11.9 Å². The smallest absolute Gasteiger partial charge is 0.416 e. The van der Waals surface area contributed by atoms with E-state index in [4.69, 9.17) is 21.1 Å². The predicted octanol–water partition coefficient (Wildman–Crippen LogP) is 4.15. The molecule has 154 valence electrons. The molecule has 0 saturated carbocycles. The Morgan fingerprint density at radius 1 is 1.14 bits per heavy atom. The number of carbonyl (C=O) groups is 2. The van der Waals surface area contributed by atoms with Crippen LogP contribution in [0.5, 0.6) is 5.75 Å². The fraction of sp³-hybridized carbons (Fsp3) is 0.211. The molecular weight excluding hydrogens is 413 g/mol. The first-order chi connectivity index (χ1) is 13.6. The van der Waals surface area contributed by atoms with E-state index in [-0.39, 0.29) is 30.5 Å². The number of nitrogens with one attached hydrogen (secondary N) is 1. The van der Waals surface area contributed by atoms with Crippen molar-refractivity contribution >= 4 is 35.1 Å². The van der Waals surface area contributed by atoms with Crippen molar-refractivity contribution < 1.29 is 32.2 Å². The highest BCUT2D eigenvalue weighted by atomic mass is 35.5. The highest BCUT2D eigenvalue weighted by Gasteiger charge is 2.31. The Bertz CT molecular complexity index is 899. The van der Waals surface area contributed by atoms with Gasteiger partial charge in [-0.2, -0.15) is 13.2 Å². The number of ether oxygens (including phenoxy) is 2. The van der Waals surface area contributed by atoms with Crippen LogP contribution in [0.1, 0.15) is 12.5 Å². The zero-order chi connectivity index (χ0) is 21.4. The van der Waals surface area contributed by atoms with Crippen LogP contribution in [-0.2, 0) is 20.5 Å². The summed E-state index contributed by atoms with van der Waals surface area (Å²) in [6.45, 7) is 1.18. The molecule has 0 aliphatic heterocycles. The van der Waals surface area contributed by atoms with Gasteiger partial charge >= 0.3 is 18.0 Å². The Hall–Kier alpha value is -3.07. The van der Waals surface area contributed by atoms with Gasteiger partial charge in [-0.25, -0.2) is 9.79 Å². The normalized spacial score (nSPS) is 11.7. The summed E-state index contributed by atoms with van der Waals surface area (Å²) in [5, 5.41) is 2.87. The molecule has 10 heteroatoms. The molecule has 6 nitrogen and oxygen atoms in total. The molecule has 1 N–H and O–H groups in total. The van der Waals surface area contributed by atoms with Crippen LogP contribution in [0.2, 0.25) is 5.02 Å². The standard InChI is InChI=1S/C19H16ClF3N2O4/c1-12(26)24-9-10-28-18(27)17(25-15-7-5-14(20)6-8-15)29-16-4-2-3-13(11-16)19(21,22)23/h2-8,11H,9-10H2,1H3,(H,24,26). The van der Waals surface area contributed by atoms with Gasteiger partial charge in [0.05, 0.1) is 17.8 Å². The van der Waals surface area contributed by atoms with Crippen molar-refractivity contribution in [3.63, 3.8) is 0 Å². The number of hydrogen-bond acceptors (Lipinski definition) is 5. The van der Waals surface area contributed by atoms with Gasteiger partial charge in [0.15, 0.2) is 0 Å². The van der Waals surface area contributed by atoms with E-state index in [1.165, 1.54) is 37.3 Å². The van der Waals surface area contributed by atoms with Crippen LogP contribution in [0.25, 0.3) is 0 Å². The number of aliphatic imine (C=N–C) groups is 1. The maximum Gasteiger partial charge on any atom is 0.416 e. The van der Waals surface area contributed by atoms with Gasteiger partial charge in [0.1, 0.15) is 12.4 Å². The Labute approximate surface area is 169 Å². The molecule has 0 atom stereocenters. The zero-order valence-electron chi connectivity index (χ0n) is 15.1. The van der Waals surface area contributed by atoms with Gasteiger partial charge in [0.2, 0.25) is 5.91 Å². The van der Waals surface area contributed by atoms with Gasteiger partial charge in [-0.1, -0.05) is 17.7 Å². The van der Waals surface area contributed by atoms with E-state index in [0.29, 0.717) is 5.02 Å². The van der Waals surface area contributed by atoms with Gasteiger partial charge < -0.3 is 14.8 Å². The van der Waals surface area contributed by atoms with E-state index in [9.17, 15) is 22.8 Å². The minimum atomic E-state index is -4.58. The summed E-state index contributed by atoms with van der Waals surface area (Å²) in [4.78, 5) is 27.1. The summed E-state index contributed by atoms with van der Waals surface area (Å²) < 4.78 is 48.9. The number of benzene rings is 2. The second-order valence-corrected chi connectivity index (χ2v) is 6.08. The van der Waals surface area contributed by atoms with Crippen LogP contribution in [0.3, 0.4) is 0 Å². The Morgan fingerprint density at radius 3 is 2.45 bits per heavy atom. The van der Waals surface area contributed by atoms with Crippen molar-refractivity contribution in [3.8, 4) is 5.75 Å². The average molecular weight is 429 g/mol. The third-order valence-corrected chi connectivity index (χ3v) is 3.57. The maximum atomic E-state index is 12.9. The molecule has 2 aromatic rings. The first kappa shape index (κ1) is 22.2. The molecule has 0 aliphatic carbocycles. The number of nitrogens with zero attached hydrogens (tertiary/aromatic N) is 1. The second-order valence-electron chi connectivity index (χ2n) is 5.64. The fourth-order valence-electron chi connectivity index (χ4n) is 2.02. The van der Waals surface area contributed by atoms with Crippen LogP contribution < -0.4 is 10.1 Å². The molecule has 1 amide bonds. The van der Waals surface area contributed by atoms with E-state index in [0.717, 1.165) is 18.2 Å². The monoisotopic (exact) mass is 428 g/mol. The van der Waals surface area contributed by atoms with Gasteiger partial charge in [-0.15, -0.1) is 0 Å². The van der Waals surface area contributed by atoms with E-state index in [1.54, 1.807) is 0 Å². The molecule has 2 aromatic carbocycles. The largest absolute Gasteiger partial charge is 0.457 e. The lowest BCUT2D eigenvalue weighted by molar-refractivity contribution is -0.137. The Morgan fingerprint density at radius 2 is 1.83 bits per heavy atom. The highest BCUT2D eigenvalue weighted by molar-refractivity contribution is 6.34. The molecule has 0 aliphatic rings. The van der Waals surface area contributed by atoms with Crippen LogP contribution in [0, 0.1) is 0 Å². The van der Waals surface area contributed by atoms with Gasteiger partial charge in [-0.05, 0) is 42.5 Å². The third-order valence-electron chi connectivity index (χ3n) is 3.32. The van der Waals surface area contributed by atoms with E-state index >= 15 is 0 Å². The number of halogens is 4. The molecule has 2 rings (SSSR count). The number of alkyl halides is 3. The van der Waals surface area contributed by atoms with E-state index in [2.05, 4.69) is 10.3 Å². The van der Waals surface area contributed by atoms with Gasteiger partial charge in [0.25, 0.3) is 0 Å². The third kappa shape index (κ3) is 7.46. The lowest BCUT2D eigenvalue weighted by Gasteiger charge is -2.12. The number of rotatable bonds is 5.